The molecule has 40 heavy (non-hydrogen) atoms. The molecule has 0 saturated carbocycles. The van der Waals surface area contributed by atoms with Crippen LogP contribution in [0.15, 0.2) is 47.5 Å². The fraction of sp³-hybridized carbons (Fsp3) is 0.429. The highest BCUT2D eigenvalue weighted by molar-refractivity contribution is 7.87. The van der Waals surface area contributed by atoms with Crippen molar-refractivity contribution in [3.05, 3.63) is 53.7 Å². The highest BCUT2D eigenvalue weighted by atomic mass is 32.2. The third-order valence-corrected chi connectivity index (χ3v) is 6.39. The van der Waals surface area contributed by atoms with Crippen molar-refractivity contribution in [1.82, 2.24) is 20.9 Å². The largest absolute Gasteiger partial charge is 0.444 e. The number of aromatic nitrogens is 1. The maximum Gasteiger partial charge on any atom is 0.407 e. The van der Waals surface area contributed by atoms with Gasteiger partial charge in [0.1, 0.15) is 10.5 Å². The van der Waals surface area contributed by atoms with Gasteiger partial charge < -0.3 is 24.9 Å². The summed E-state index contributed by atoms with van der Waals surface area (Å²) in [5.41, 5.74) is -0.153. The average Bonchev–Trinajstić information content (AvgIpc) is 2.89. The van der Waals surface area contributed by atoms with Crippen LogP contribution in [-0.4, -0.2) is 56.5 Å². The van der Waals surface area contributed by atoms with E-state index in [0.29, 0.717) is 38.9 Å². The number of ether oxygens (including phenoxy) is 1. The fourth-order valence-corrected chi connectivity index (χ4v) is 4.18. The summed E-state index contributed by atoms with van der Waals surface area (Å²) in [4.78, 5) is 39.9. The van der Waals surface area contributed by atoms with Crippen LogP contribution >= 0.6 is 0 Å². The van der Waals surface area contributed by atoms with Crippen LogP contribution in [0.25, 0.3) is 0 Å². The molecule has 2 rings (SSSR count). The zero-order valence-corrected chi connectivity index (χ0v) is 23.8. The number of hydrogen-bond acceptors (Lipinski definition) is 8. The predicted octanol–water partition coefficient (Wildman–Crippen LogP) is 3.42. The van der Waals surface area contributed by atoms with Crippen LogP contribution in [-0.2, 0) is 14.9 Å². The summed E-state index contributed by atoms with van der Waals surface area (Å²) in [7, 11) is -4.28. The summed E-state index contributed by atoms with van der Waals surface area (Å²) in [6.45, 7) is 6.65. The molecule has 0 aliphatic heterocycles. The van der Waals surface area contributed by atoms with E-state index in [0.717, 1.165) is 12.8 Å². The van der Waals surface area contributed by atoms with Gasteiger partial charge in [0.15, 0.2) is 0 Å². The van der Waals surface area contributed by atoms with Crippen LogP contribution in [0.1, 0.15) is 73.6 Å². The molecular formula is C28H36N4O7S. The van der Waals surface area contributed by atoms with Crippen molar-refractivity contribution in [1.29, 1.82) is 0 Å². The molecule has 0 radical (unpaired) electrons. The maximum absolute atomic E-state index is 12.7. The first-order chi connectivity index (χ1) is 18.9. The van der Waals surface area contributed by atoms with Crippen molar-refractivity contribution in [3.63, 3.8) is 0 Å². The zero-order chi connectivity index (χ0) is 29.6. The third-order valence-electron chi connectivity index (χ3n) is 5.17. The Morgan fingerprint density at radius 1 is 0.900 bits per heavy atom. The minimum Gasteiger partial charge on any atom is -0.444 e. The number of carbonyl (C=O) groups is 3. The van der Waals surface area contributed by atoms with E-state index in [1.807, 2.05) is 0 Å². The molecule has 1 aromatic carbocycles. The second kappa shape index (κ2) is 15.5. The molecule has 0 aliphatic carbocycles. The zero-order valence-electron chi connectivity index (χ0n) is 23.0. The van der Waals surface area contributed by atoms with Crippen LogP contribution in [0.3, 0.4) is 0 Å². The lowest BCUT2D eigenvalue weighted by atomic mass is 10.2. The molecule has 3 amide bonds. The van der Waals surface area contributed by atoms with Gasteiger partial charge in [-0.25, -0.2) is 9.78 Å². The number of unbranched alkanes of at least 4 members (excludes halogenated alkanes) is 3. The quantitative estimate of drug-likeness (QED) is 0.177. The first kappa shape index (κ1) is 32.1. The lowest BCUT2D eigenvalue weighted by molar-refractivity contribution is 0.0526. The Morgan fingerprint density at radius 2 is 1.55 bits per heavy atom. The van der Waals surface area contributed by atoms with Crippen molar-refractivity contribution in [2.75, 3.05) is 19.6 Å². The fourth-order valence-electron chi connectivity index (χ4n) is 3.25. The summed E-state index contributed by atoms with van der Waals surface area (Å²) < 4.78 is 35.7. The predicted molar refractivity (Wildman–Crippen MR) is 149 cm³/mol. The third kappa shape index (κ3) is 11.7. The number of alkyl carbamates (subject to hydrolysis) is 1. The van der Waals surface area contributed by atoms with E-state index >= 15 is 0 Å². The van der Waals surface area contributed by atoms with E-state index < -0.39 is 27.7 Å². The molecule has 1 heterocycles. The first-order valence-corrected chi connectivity index (χ1v) is 14.3. The van der Waals surface area contributed by atoms with Gasteiger partial charge in [0.05, 0.1) is 5.56 Å². The average molecular weight is 573 g/mol. The van der Waals surface area contributed by atoms with E-state index in [1.54, 1.807) is 20.8 Å². The van der Waals surface area contributed by atoms with Crippen LogP contribution in [0.4, 0.5) is 4.79 Å². The van der Waals surface area contributed by atoms with E-state index in [4.69, 9.17) is 15.3 Å². The van der Waals surface area contributed by atoms with Gasteiger partial charge in [-0.15, -0.1) is 12.3 Å². The lowest BCUT2D eigenvalue weighted by Crippen LogP contribution is -2.33. The Kier molecular flexibility index (Phi) is 12.4. The summed E-state index contributed by atoms with van der Waals surface area (Å²) in [6, 6.07) is 8.11. The van der Waals surface area contributed by atoms with Gasteiger partial charge in [0.2, 0.25) is 5.88 Å². The number of pyridine rings is 1. The number of amides is 3. The molecule has 216 valence electrons. The Labute approximate surface area is 235 Å². The number of nitrogens with zero attached hydrogens (tertiary/aromatic N) is 1. The molecule has 0 bridgehead atoms. The molecule has 11 nitrogen and oxygen atoms in total. The minimum absolute atomic E-state index is 0.157. The highest BCUT2D eigenvalue weighted by Gasteiger charge is 2.20. The number of rotatable bonds is 14. The standard InChI is InChI=1S/C28H36N4O7S/c1-5-6-8-16-29-25(33)21-12-11-13-23(19-21)40(36,37)39-24-15-14-22(20-32-24)26(34)30-17-9-7-10-18-31-27(35)38-28(2,3)4/h1,11-15,19-20H,6-10,16-18H2,2-4H3,(H,29,33)(H,30,34)(H,31,35). The van der Waals surface area contributed by atoms with Crippen molar-refractivity contribution in [2.45, 2.75) is 63.4 Å². The van der Waals surface area contributed by atoms with E-state index in [9.17, 15) is 22.8 Å². The Bertz CT molecular complexity index is 1300. The number of benzene rings is 1. The molecule has 0 atom stereocenters. The molecule has 12 heteroatoms. The van der Waals surface area contributed by atoms with E-state index in [-0.39, 0.29) is 27.8 Å². The maximum atomic E-state index is 12.7. The summed E-state index contributed by atoms with van der Waals surface area (Å²) >= 11 is 0. The normalized spacial score (nSPS) is 11.2. The summed E-state index contributed by atoms with van der Waals surface area (Å²) in [5, 5.41) is 8.12. The van der Waals surface area contributed by atoms with Gasteiger partial charge in [-0.2, -0.15) is 8.42 Å². The van der Waals surface area contributed by atoms with Crippen LogP contribution < -0.4 is 20.1 Å². The van der Waals surface area contributed by atoms with Crippen LogP contribution in [0.2, 0.25) is 0 Å². The number of nitrogens with one attached hydrogen (secondary N) is 3. The van der Waals surface area contributed by atoms with Crippen LogP contribution in [0.5, 0.6) is 5.88 Å². The second-order valence-corrected chi connectivity index (χ2v) is 11.3. The van der Waals surface area contributed by atoms with Gasteiger partial charge in [0, 0.05) is 43.9 Å². The van der Waals surface area contributed by atoms with Crippen molar-refractivity contribution >= 4 is 28.0 Å². The van der Waals surface area contributed by atoms with Gasteiger partial charge in [-0.1, -0.05) is 6.07 Å². The van der Waals surface area contributed by atoms with Crippen LogP contribution in [0, 0.1) is 12.3 Å². The number of terminal acetylenes is 1. The number of hydrogen-bond donors (Lipinski definition) is 3. The molecule has 1 aromatic heterocycles. The van der Waals surface area contributed by atoms with Gasteiger partial charge in [0.25, 0.3) is 11.8 Å². The van der Waals surface area contributed by atoms with Gasteiger partial charge in [-0.05, 0) is 70.7 Å². The van der Waals surface area contributed by atoms with Crippen molar-refractivity contribution in [2.24, 2.45) is 0 Å². The molecule has 2 aromatic rings. The Hall–Kier alpha value is -4.11. The van der Waals surface area contributed by atoms with Gasteiger partial charge >= 0.3 is 16.2 Å². The van der Waals surface area contributed by atoms with Crippen molar-refractivity contribution < 1.29 is 31.7 Å². The Balaban J connectivity index is 1.79. The second-order valence-electron chi connectivity index (χ2n) is 9.76. The Morgan fingerprint density at radius 3 is 2.17 bits per heavy atom. The molecule has 3 N–H and O–H groups in total. The first-order valence-electron chi connectivity index (χ1n) is 12.9. The lowest BCUT2D eigenvalue weighted by Gasteiger charge is -2.19. The van der Waals surface area contributed by atoms with Gasteiger partial charge in [-0.3, -0.25) is 9.59 Å². The number of carbonyl (C=O) groups excluding carboxylic acids is 3. The van der Waals surface area contributed by atoms with Crippen molar-refractivity contribution in [3.8, 4) is 18.2 Å². The SMILES string of the molecule is C#CCCCNC(=O)c1cccc(S(=O)(=O)Oc2ccc(C(=O)NCCCCCNC(=O)OC(C)(C)C)cn2)c1. The summed E-state index contributed by atoms with van der Waals surface area (Å²) in [5.74, 6) is 1.46. The molecule has 0 unspecified atom stereocenters. The smallest absolute Gasteiger partial charge is 0.407 e. The highest BCUT2D eigenvalue weighted by Crippen LogP contribution is 2.18. The molecule has 0 spiro atoms. The van der Waals surface area contributed by atoms with E-state index in [1.165, 1.54) is 42.6 Å². The minimum atomic E-state index is -4.28. The topological polar surface area (TPSA) is 153 Å². The summed E-state index contributed by atoms with van der Waals surface area (Å²) in [6.07, 6.45) is 9.29. The molecule has 0 fully saturated rings. The molecular weight excluding hydrogens is 536 g/mol. The molecule has 0 aliphatic rings. The van der Waals surface area contributed by atoms with E-state index in [2.05, 4.69) is 26.9 Å². The monoisotopic (exact) mass is 572 g/mol. The molecule has 0 saturated heterocycles.